The predicted octanol–water partition coefficient (Wildman–Crippen LogP) is 4.23. The molecule has 3 aromatic rings. The van der Waals surface area contributed by atoms with E-state index >= 15 is 0 Å². The highest BCUT2D eigenvalue weighted by Gasteiger charge is 2.46. The van der Waals surface area contributed by atoms with Crippen LogP contribution in [-0.2, 0) is 16.1 Å². The molecule has 1 fully saturated rings. The standard InChI is InChI=1S/C25H21N3O5/c1-15-5-6-16(2)19(12-15)14-27-22(18-4-3-11-26-13-18)21(24(30)25(27)31)23(29)17-7-9-20(10-8-17)28(32)33/h3-13,22,29H,14H2,1-2H3/b23-21-. The van der Waals surface area contributed by atoms with Crippen LogP contribution in [-0.4, -0.2) is 31.6 Å². The number of non-ortho nitro benzene ring substituents is 1. The van der Waals surface area contributed by atoms with E-state index in [4.69, 9.17) is 0 Å². The van der Waals surface area contributed by atoms with Crippen LogP contribution in [0, 0.1) is 24.0 Å². The number of aliphatic hydroxyl groups excluding tert-OH is 1. The molecule has 1 unspecified atom stereocenters. The van der Waals surface area contributed by atoms with E-state index in [0.29, 0.717) is 5.56 Å². The number of carbonyl (C=O) groups excluding carboxylic acids is 2. The van der Waals surface area contributed by atoms with Gasteiger partial charge in [0.05, 0.1) is 16.5 Å². The number of pyridine rings is 1. The highest BCUT2D eigenvalue weighted by Crippen LogP contribution is 2.40. The number of aromatic nitrogens is 1. The van der Waals surface area contributed by atoms with Crippen LogP contribution < -0.4 is 0 Å². The molecule has 0 spiro atoms. The smallest absolute Gasteiger partial charge is 0.295 e. The van der Waals surface area contributed by atoms with Crippen molar-refractivity contribution in [1.82, 2.24) is 9.88 Å². The van der Waals surface area contributed by atoms with Gasteiger partial charge in [0.2, 0.25) is 0 Å². The van der Waals surface area contributed by atoms with Gasteiger partial charge in [0.1, 0.15) is 5.76 Å². The molecular formula is C25H21N3O5. The average Bonchev–Trinajstić information content (AvgIpc) is 3.06. The van der Waals surface area contributed by atoms with Gasteiger partial charge in [0.15, 0.2) is 0 Å². The number of ketones is 1. The number of nitrogens with zero attached hydrogens (tertiary/aromatic N) is 3. The number of nitro benzene ring substituents is 1. The van der Waals surface area contributed by atoms with Gasteiger partial charge in [-0.25, -0.2) is 0 Å². The Kier molecular flexibility index (Phi) is 5.74. The molecule has 166 valence electrons. The number of aryl methyl sites for hydroxylation is 2. The first-order valence-corrected chi connectivity index (χ1v) is 10.3. The number of amides is 1. The number of rotatable bonds is 5. The lowest BCUT2D eigenvalue weighted by Crippen LogP contribution is -2.29. The summed E-state index contributed by atoms with van der Waals surface area (Å²) < 4.78 is 0. The summed E-state index contributed by atoms with van der Waals surface area (Å²) in [5.41, 5.74) is 3.45. The maximum absolute atomic E-state index is 13.1. The number of likely N-dealkylation sites (tertiary alicyclic amines) is 1. The summed E-state index contributed by atoms with van der Waals surface area (Å²) in [5.74, 6) is -1.93. The van der Waals surface area contributed by atoms with Crippen molar-refractivity contribution in [2.24, 2.45) is 0 Å². The molecule has 8 nitrogen and oxygen atoms in total. The molecule has 1 N–H and O–H groups in total. The minimum absolute atomic E-state index is 0.0767. The third-order valence-electron chi connectivity index (χ3n) is 5.74. The van der Waals surface area contributed by atoms with Gasteiger partial charge < -0.3 is 10.0 Å². The zero-order valence-electron chi connectivity index (χ0n) is 18.1. The first-order valence-electron chi connectivity index (χ1n) is 10.3. The van der Waals surface area contributed by atoms with E-state index in [2.05, 4.69) is 4.98 Å². The second-order valence-electron chi connectivity index (χ2n) is 7.95. The van der Waals surface area contributed by atoms with Crippen molar-refractivity contribution < 1.29 is 19.6 Å². The van der Waals surface area contributed by atoms with Crippen molar-refractivity contribution in [2.45, 2.75) is 26.4 Å². The van der Waals surface area contributed by atoms with Crippen molar-refractivity contribution in [3.63, 3.8) is 0 Å². The Morgan fingerprint density at radius 2 is 1.85 bits per heavy atom. The van der Waals surface area contributed by atoms with Crippen LogP contribution in [0.15, 0.2) is 72.6 Å². The van der Waals surface area contributed by atoms with Crippen LogP contribution in [0.1, 0.15) is 33.9 Å². The molecule has 0 aliphatic carbocycles. The third kappa shape index (κ3) is 4.10. The molecule has 0 radical (unpaired) electrons. The summed E-state index contributed by atoms with van der Waals surface area (Å²) in [5, 5.41) is 22.0. The number of benzene rings is 2. The monoisotopic (exact) mass is 443 g/mol. The van der Waals surface area contributed by atoms with Gasteiger partial charge in [-0.15, -0.1) is 0 Å². The van der Waals surface area contributed by atoms with Gasteiger partial charge in [-0.05, 0) is 48.7 Å². The average molecular weight is 443 g/mol. The lowest BCUT2D eigenvalue weighted by atomic mass is 9.96. The van der Waals surface area contributed by atoms with Gasteiger partial charge in [-0.2, -0.15) is 0 Å². The molecule has 1 atom stereocenters. The van der Waals surface area contributed by atoms with Crippen LogP contribution in [0.5, 0.6) is 0 Å². The Labute approximate surface area is 190 Å². The summed E-state index contributed by atoms with van der Waals surface area (Å²) in [6, 6.07) is 13.7. The van der Waals surface area contributed by atoms with E-state index in [1.54, 1.807) is 24.5 Å². The SMILES string of the molecule is Cc1ccc(C)c(CN2C(=O)C(=O)/C(=C(\O)c3ccc([N+](=O)[O-])cc3)C2c2cccnc2)c1. The maximum atomic E-state index is 13.1. The van der Waals surface area contributed by atoms with Gasteiger partial charge in [0.25, 0.3) is 17.4 Å². The minimum atomic E-state index is -0.853. The minimum Gasteiger partial charge on any atom is -0.507 e. The summed E-state index contributed by atoms with van der Waals surface area (Å²) in [6.07, 6.45) is 3.13. The van der Waals surface area contributed by atoms with Crippen LogP contribution in [0.3, 0.4) is 0 Å². The van der Waals surface area contributed by atoms with Crippen molar-refractivity contribution >= 4 is 23.1 Å². The topological polar surface area (TPSA) is 114 Å². The van der Waals surface area contributed by atoms with Gasteiger partial charge in [-0.3, -0.25) is 24.7 Å². The van der Waals surface area contributed by atoms with Crippen molar-refractivity contribution in [3.8, 4) is 0 Å². The van der Waals surface area contributed by atoms with Crippen molar-refractivity contribution in [3.05, 3.63) is 110 Å². The molecule has 8 heteroatoms. The number of Topliss-reactive ketones (excluding diaryl/α,β-unsaturated/α-hetero) is 1. The van der Waals surface area contributed by atoms with Gasteiger partial charge in [0, 0.05) is 36.6 Å². The molecule has 2 aromatic carbocycles. The lowest BCUT2D eigenvalue weighted by Gasteiger charge is -2.26. The normalized spacial score (nSPS) is 17.4. The summed E-state index contributed by atoms with van der Waals surface area (Å²) in [6.45, 7) is 4.06. The summed E-state index contributed by atoms with van der Waals surface area (Å²) >= 11 is 0. The fourth-order valence-corrected chi connectivity index (χ4v) is 3.98. The van der Waals surface area contributed by atoms with Crippen LogP contribution in [0.4, 0.5) is 5.69 Å². The van der Waals surface area contributed by atoms with Crippen molar-refractivity contribution in [2.75, 3.05) is 0 Å². The van der Waals surface area contributed by atoms with E-state index < -0.39 is 22.7 Å². The van der Waals surface area contributed by atoms with Crippen LogP contribution in [0.2, 0.25) is 0 Å². The Bertz CT molecular complexity index is 1280. The molecule has 2 heterocycles. The number of nitro groups is 1. The fourth-order valence-electron chi connectivity index (χ4n) is 3.98. The molecule has 1 amide bonds. The maximum Gasteiger partial charge on any atom is 0.295 e. The molecule has 1 aromatic heterocycles. The summed E-state index contributed by atoms with van der Waals surface area (Å²) in [7, 11) is 0. The Morgan fingerprint density at radius 3 is 2.48 bits per heavy atom. The zero-order valence-corrected chi connectivity index (χ0v) is 18.1. The number of hydrogen-bond donors (Lipinski definition) is 1. The molecular weight excluding hydrogens is 422 g/mol. The van der Waals surface area contributed by atoms with E-state index in [1.807, 2.05) is 32.0 Å². The Morgan fingerprint density at radius 1 is 1.12 bits per heavy atom. The van der Waals surface area contributed by atoms with E-state index in [9.17, 15) is 24.8 Å². The number of carbonyl (C=O) groups is 2. The molecule has 1 saturated heterocycles. The van der Waals surface area contributed by atoms with Gasteiger partial charge in [-0.1, -0.05) is 29.8 Å². The van der Waals surface area contributed by atoms with Crippen molar-refractivity contribution in [1.29, 1.82) is 0 Å². The fraction of sp³-hybridized carbons (Fsp3) is 0.160. The van der Waals surface area contributed by atoms with E-state index in [-0.39, 0.29) is 29.1 Å². The first kappa shape index (κ1) is 21.9. The van der Waals surface area contributed by atoms with E-state index in [1.165, 1.54) is 29.2 Å². The molecule has 4 rings (SSSR count). The molecule has 0 bridgehead atoms. The first-order chi connectivity index (χ1) is 15.8. The number of aliphatic hydroxyl groups is 1. The van der Waals surface area contributed by atoms with Crippen LogP contribution >= 0.6 is 0 Å². The Balaban J connectivity index is 1.84. The number of hydrogen-bond acceptors (Lipinski definition) is 6. The summed E-state index contributed by atoms with van der Waals surface area (Å²) in [4.78, 5) is 42.1. The predicted molar refractivity (Wildman–Crippen MR) is 121 cm³/mol. The Hall–Kier alpha value is -4.33. The molecule has 1 aliphatic heterocycles. The van der Waals surface area contributed by atoms with Gasteiger partial charge >= 0.3 is 0 Å². The third-order valence-corrected chi connectivity index (χ3v) is 5.74. The second-order valence-corrected chi connectivity index (χ2v) is 7.95. The largest absolute Gasteiger partial charge is 0.507 e. The molecule has 33 heavy (non-hydrogen) atoms. The zero-order chi connectivity index (χ0) is 23.7. The quantitative estimate of drug-likeness (QED) is 0.208. The molecule has 0 saturated carbocycles. The lowest BCUT2D eigenvalue weighted by molar-refractivity contribution is -0.384. The van der Waals surface area contributed by atoms with E-state index in [0.717, 1.165) is 16.7 Å². The second kappa shape index (κ2) is 8.66. The molecule has 1 aliphatic rings. The highest BCUT2D eigenvalue weighted by atomic mass is 16.6. The van der Waals surface area contributed by atoms with Crippen LogP contribution in [0.25, 0.3) is 5.76 Å². The highest BCUT2D eigenvalue weighted by molar-refractivity contribution is 6.46.